The van der Waals surface area contributed by atoms with E-state index >= 15 is 0 Å². The van der Waals surface area contributed by atoms with Gasteiger partial charge in [0.15, 0.2) is 0 Å². The highest BCUT2D eigenvalue weighted by molar-refractivity contribution is 5.95. The van der Waals surface area contributed by atoms with Crippen LogP contribution in [0.5, 0.6) is 0 Å². The minimum Gasteiger partial charge on any atom is -0.383 e. The number of carbonyl (C=O) groups is 1. The largest absolute Gasteiger partial charge is 0.383 e. The number of carbonyl (C=O) groups excluding carboxylic acids is 1. The van der Waals surface area contributed by atoms with E-state index in [-0.39, 0.29) is 24.2 Å². The molecule has 27 heavy (non-hydrogen) atoms. The van der Waals surface area contributed by atoms with Crippen LogP contribution < -0.4 is 10.6 Å². The maximum atomic E-state index is 12.6. The third-order valence-electron chi connectivity index (χ3n) is 3.78. The lowest BCUT2D eigenvalue weighted by atomic mass is 10.1. The second-order valence-corrected chi connectivity index (χ2v) is 6.48. The van der Waals surface area contributed by atoms with Crippen LogP contribution >= 0.6 is 12.4 Å². The lowest BCUT2D eigenvalue weighted by Crippen LogP contribution is -2.33. The number of ether oxygens (including phenoxy) is 1. The van der Waals surface area contributed by atoms with Crippen LogP contribution in [-0.4, -0.2) is 59.0 Å². The Balaban J connectivity index is 0.00000364. The highest BCUT2D eigenvalue weighted by atomic mass is 35.5. The summed E-state index contributed by atoms with van der Waals surface area (Å²) in [5.74, 6) is 0.449. The molecule has 0 saturated heterocycles. The lowest BCUT2D eigenvalue weighted by Gasteiger charge is -2.07. The molecule has 0 unspecified atom stereocenters. The average Bonchev–Trinajstić information content (AvgIpc) is 3.03. The zero-order valence-corrected chi connectivity index (χ0v) is 17.4. The molecule has 0 bridgehead atoms. The summed E-state index contributed by atoms with van der Waals surface area (Å²) in [6, 6.07) is 1.90. The molecular weight excluding hydrogens is 368 g/mol. The van der Waals surface area contributed by atoms with Crippen molar-refractivity contribution in [3.63, 3.8) is 0 Å². The minimum atomic E-state index is -0.141. The maximum absolute atomic E-state index is 12.6. The van der Waals surface area contributed by atoms with Crippen LogP contribution in [0.25, 0.3) is 5.95 Å². The molecule has 0 atom stereocenters. The van der Waals surface area contributed by atoms with Gasteiger partial charge in [0.2, 0.25) is 0 Å². The number of nitrogens with zero attached hydrogens (tertiary/aromatic N) is 4. The Hall–Kier alpha value is -2.03. The van der Waals surface area contributed by atoms with Crippen molar-refractivity contribution in [2.75, 3.05) is 33.4 Å². The van der Waals surface area contributed by atoms with Crippen LogP contribution in [0.4, 0.5) is 0 Å². The molecule has 2 N–H and O–H groups in total. The van der Waals surface area contributed by atoms with Gasteiger partial charge in [-0.25, -0.2) is 14.6 Å². The van der Waals surface area contributed by atoms with Crippen molar-refractivity contribution < 1.29 is 9.53 Å². The fourth-order valence-corrected chi connectivity index (χ4v) is 2.56. The van der Waals surface area contributed by atoms with Crippen LogP contribution in [0, 0.1) is 13.8 Å². The Labute approximate surface area is 166 Å². The number of halogens is 1. The molecule has 150 valence electrons. The van der Waals surface area contributed by atoms with Crippen molar-refractivity contribution >= 4 is 18.3 Å². The van der Waals surface area contributed by atoms with Crippen molar-refractivity contribution in [1.29, 1.82) is 0 Å². The second kappa shape index (κ2) is 11.0. The summed E-state index contributed by atoms with van der Waals surface area (Å²) < 4.78 is 6.55. The molecule has 2 aromatic heterocycles. The van der Waals surface area contributed by atoms with Crippen LogP contribution in [0.3, 0.4) is 0 Å². The highest BCUT2D eigenvalue weighted by Gasteiger charge is 2.20. The van der Waals surface area contributed by atoms with E-state index in [4.69, 9.17) is 4.74 Å². The molecule has 2 rings (SSSR count). The molecule has 0 spiro atoms. The maximum Gasteiger partial charge on any atom is 0.254 e. The third kappa shape index (κ3) is 6.57. The van der Waals surface area contributed by atoms with E-state index in [1.165, 1.54) is 0 Å². The molecule has 8 nitrogen and oxygen atoms in total. The molecule has 0 saturated carbocycles. The van der Waals surface area contributed by atoms with Crippen molar-refractivity contribution in [3.05, 3.63) is 34.9 Å². The standard InChI is InChI=1S/C18H28N6O2.ClH/c1-12(2)16-15(17(25)20-7-6-19-8-9-26-5)11-24(23-16)18-21-13(3)10-14(4)22-18;/h10-12,19H,6-9H2,1-5H3,(H,20,25);1H. The third-order valence-corrected chi connectivity index (χ3v) is 3.78. The van der Waals surface area contributed by atoms with Gasteiger partial charge >= 0.3 is 0 Å². The number of rotatable bonds is 9. The fraction of sp³-hybridized carbons (Fsp3) is 0.556. The molecule has 9 heteroatoms. The molecule has 2 aromatic rings. The number of nitrogens with one attached hydrogen (secondary N) is 2. The summed E-state index contributed by atoms with van der Waals surface area (Å²) in [5, 5.41) is 10.7. The van der Waals surface area contributed by atoms with Gasteiger partial charge in [0.1, 0.15) is 0 Å². The normalized spacial score (nSPS) is 10.7. The van der Waals surface area contributed by atoms with Gasteiger partial charge in [-0.1, -0.05) is 13.8 Å². The molecule has 0 aromatic carbocycles. The van der Waals surface area contributed by atoms with E-state index in [1.807, 2.05) is 33.8 Å². The van der Waals surface area contributed by atoms with Crippen molar-refractivity contribution in [3.8, 4) is 5.95 Å². The van der Waals surface area contributed by atoms with Crippen molar-refractivity contribution in [2.45, 2.75) is 33.6 Å². The van der Waals surface area contributed by atoms with Gasteiger partial charge in [-0.3, -0.25) is 4.79 Å². The van der Waals surface area contributed by atoms with Gasteiger partial charge in [-0.05, 0) is 25.8 Å². The number of aromatic nitrogens is 4. The Bertz CT molecular complexity index is 727. The Morgan fingerprint density at radius 1 is 1.19 bits per heavy atom. The quantitative estimate of drug-likeness (QED) is 0.627. The number of amides is 1. The summed E-state index contributed by atoms with van der Waals surface area (Å²) in [5.41, 5.74) is 3.02. The van der Waals surface area contributed by atoms with Gasteiger partial charge in [0.05, 0.1) is 17.9 Å². The van der Waals surface area contributed by atoms with E-state index in [0.717, 1.165) is 23.6 Å². The molecular formula is C18H29ClN6O2. The summed E-state index contributed by atoms with van der Waals surface area (Å²) in [6.07, 6.45) is 1.71. The minimum absolute atomic E-state index is 0. The number of hydrogen-bond donors (Lipinski definition) is 2. The van der Waals surface area contributed by atoms with Crippen molar-refractivity contribution in [2.24, 2.45) is 0 Å². The SMILES string of the molecule is COCCNCCNC(=O)c1cn(-c2nc(C)cc(C)n2)nc1C(C)C.Cl. The number of methoxy groups -OCH3 is 1. The van der Waals surface area contributed by atoms with Gasteiger partial charge in [-0.2, -0.15) is 5.10 Å². The summed E-state index contributed by atoms with van der Waals surface area (Å²) in [6.45, 7) is 10.5. The predicted molar refractivity (Wildman–Crippen MR) is 107 cm³/mol. The first-order chi connectivity index (χ1) is 12.4. The summed E-state index contributed by atoms with van der Waals surface area (Å²) in [4.78, 5) is 21.4. The molecule has 0 radical (unpaired) electrons. The van der Waals surface area contributed by atoms with Gasteiger partial charge in [0, 0.05) is 44.3 Å². The van der Waals surface area contributed by atoms with Crippen LogP contribution in [0.2, 0.25) is 0 Å². The first kappa shape index (κ1) is 23.0. The van der Waals surface area contributed by atoms with E-state index in [0.29, 0.717) is 31.2 Å². The first-order valence-corrected chi connectivity index (χ1v) is 8.82. The Morgan fingerprint density at radius 3 is 2.44 bits per heavy atom. The summed E-state index contributed by atoms with van der Waals surface area (Å²) >= 11 is 0. The van der Waals surface area contributed by atoms with E-state index in [9.17, 15) is 4.79 Å². The van der Waals surface area contributed by atoms with Gasteiger partial charge < -0.3 is 15.4 Å². The topological polar surface area (TPSA) is 94.0 Å². The zero-order chi connectivity index (χ0) is 19.1. The van der Waals surface area contributed by atoms with Crippen LogP contribution in [0.1, 0.15) is 47.2 Å². The molecule has 1 amide bonds. The van der Waals surface area contributed by atoms with E-state index in [2.05, 4.69) is 25.7 Å². The number of hydrogen-bond acceptors (Lipinski definition) is 6. The molecule has 0 aliphatic carbocycles. The van der Waals surface area contributed by atoms with E-state index < -0.39 is 0 Å². The Morgan fingerprint density at radius 2 is 1.85 bits per heavy atom. The lowest BCUT2D eigenvalue weighted by molar-refractivity contribution is 0.0952. The summed E-state index contributed by atoms with van der Waals surface area (Å²) in [7, 11) is 1.66. The molecule has 2 heterocycles. The highest BCUT2D eigenvalue weighted by Crippen LogP contribution is 2.19. The smallest absolute Gasteiger partial charge is 0.254 e. The fourth-order valence-electron chi connectivity index (χ4n) is 2.56. The van der Waals surface area contributed by atoms with Gasteiger partial charge in [-0.15, -0.1) is 12.4 Å². The number of aryl methyl sites for hydroxylation is 2. The Kier molecular flexibility index (Phi) is 9.34. The first-order valence-electron chi connectivity index (χ1n) is 8.82. The molecule has 0 fully saturated rings. The second-order valence-electron chi connectivity index (χ2n) is 6.48. The monoisotopic (exact) mass is 396 g/mol. The zero-order valence-electron chi connectivity index (χ0n) is 16.6. The van der Waals surface area contributed by atoms with Gasteiger partial charge in [0.25, 0.3) is 11.9 Å². The van der Waals surface area contributed by atoms with Crippen LogP contribution in [-0.2, 0) is 4.74 Å². The van der Waals surface area contributed by atoms with E-state index in [1.54, 1.807) is 18.0 Å². The van der Waals surface area contributed by atoms with Crippen LogP contribution in [0.15, 0.2) is 12.3 Å². The molecule has 0 aliphatic heterocycles. The molecule has 0 aliphatic rings. The predicted octanol–water partition coefficient (Wildman–Crippen LogP) is 1.79. The van der Waals surface area contributed by atoms with Crippen molar-refractivity contribution in [1.82, 2.24) is 30.4 Å². The average molecular weight is 397 g/mol.